The third-order valence-corrected chi connectivity index (χ3v) is 6.84. The number of hydrogen-bond acceptors (Lipinski definition) is 5. The number of ketones is 1. The summed E-state index contributed by atoms with van der Waals surface area (Å²) in [5, 5.41) is 3.13. The van der Waals surface area contributed by atoms with Gasteiger partial charge in [0.25, 0.3) is 5.91 Å². The number of nitrogens with zero attached hydrogens (tertiary/aromatic N) is 2. The maximum Gasteiger partial charge on any atom is 0.251 e. The number of carbonyl (C=O) groups excluding carboxylic acids is 2. The van der Waals surface area contributed by atoms with Gasteiger partial charge in [-0.3, -0.25) is 14.5 Å². The van der Waals surface area contributed by atoms with Crippen molar-refractivity contribution in [2.45, 2.75) is 32.7 Å². The van der Waals surface area contributed by atoms with Gasteiger partial charge in [-0.1, -0.05) is 18.2 Å². The van der Waals surface area contributed by atoms with Crippen LogP contribution in [0.3, 0.4) is 0 Å². The lowest BCUT2D eigenvalue weighted by Crippen LogP contribution is -2.46. The fourth-order valence-corrected chi connectivity index (χ4v) is 5.00. The van der Waals surface area contributed by atoms with E-state index in [4.69, 9.17) is 9.47 Å². The molecule has 1 N–H and O–H groups in total. The van der Waals surface area contributed by atoms with Gasteiger partial charge in [0.15, 0.2) is 17.3 Å². The zero-order valence-electron chi connectivity index (χ0n) is 20.3. The number of aryl methyl sites for hydroxylation is 1. The van der Waals surface area contributed by atoms with Crippen molar-refractivity contribution in [2.75, 3.05) is 32.8 Å². The van der Waals surface area contributed by atoms with E-state index >= 15 is 0 Å². The summed E-state index contributed by atoms with van der Waals surface area (Å²) < 4.78 is 13.5. The third-order valence-electron chi connectivity index (χ3n) is 6.84. The van der Waals surface area contributed by atoms with Crippen LogP contribution >= 0.6 is 0 Å². The monoisotopic (exact) mass is 473 g/mol. The van der Waals surface area contributed by atoms with Crippen LogP contribution in [0.25, 0.3) is 5.69 Å². The summed E-state index contributed by atoms with van der Waals surface area (Å²) >= 11 is 0. The summed E-state index contributed by atoms with van der Waals surface area (Å²) in [6.45, 7) is 7.05. The number of hydrogen-bond donors (Lipinski definition) is 1. The van der Waals surface area contributed by atoms with Crippen LogP contribution in [0.5, 0.6) is 11.5 Å². The highest BCUT2D eigenvalue weighted by Crippen LogP contribution is 2.33. The molecule has 0 atom stereocenters. The van der Waals surface area contributed by atoms with Gasteiger partial charge in [0.2, 0.25) is 0 Å². The van der Waals surface area contributed by atoms with E-state index in [2.05, 4.69) is 14.8 Å². The average molecular weight is 474 g/mol. The van der Waals surface area contributed by atoms with E-state index in [9.17, 15) is 9.59 Å². The molecule has 7 heteroatoms. The molecule has 3 aromatic rings. The van der Waals surface area contributed by atoms with Crippen molar-refractivity contribution in [2.24, 2.45) is 0 Å². The van der Waals surface area contributed by atoms with E-state index in [1.807, 2.05) is 68.4 Å². The minimum atomic E-state index is -0.0355. The number of ether oxygens (including phenoxy) is 2. The molecule has 2 aliphatic heterocycles. The van der Waals surface area contributed by atoms with Crippen LogP contribution in [0.1, 0.15) is 44.9 Å². The maximum atomic E-state index is 13.2. The van der Waals surface area contributed by atoms with E-state index in [0.717, 1.165) is 60.1 Å². The summed E-state index contributed by atoms with van der Waals surface area (Å²) in [5.74, 6) is 1.57. The van der Waals surface area contributed by atoms with Crippen LogP contribution in [-0.2, 0) is 0 Å². The Morgan fingerprint density at radius 2 is 1.66 bits per heavy atom. The van der Waals surface area contributed by atoms with Gasteiger partial charge in [-0.2, -0.15) is 0 Å². The van der Waals surface area contributed by atoms with Crippen LogP contribution in [0.15, 0.2) is 54.6 Å². The molecule has 1 saturated heterocycles. The number of benzene rings is 2. The van der Waals surface area contributed by atoms with Crippen molar-refractivity contribution in [1.82, 2.24) is 14.8 Å². The fraction of sp³-hybridized carbons (Fsp3) is 0.357. The molecular weight excluding hydrogens is 442 g/mol. The molecule has 0 unspecified atom stereocenters. The van der Waals surface area contributed by atoms with Crippen molar-refractivity contribution >= 4 is 11.7 Å². The van der Waals surface area contributed by atoms with Crippen LogP contribution in [0.2, 0.25) is 0 Å². The standard InChI is InChI=1S/C28H31N3O4/c1-19-16-24(20(2)31(19)23-8-9-26-27(17-23)35-15-14-34-26)25(32)18-30-12-10-22(11-13-30)29-28(33)21-6-4-3-5-7-21/h3-9,16-17,22H,10-15,18H2,1-2H3,(H,29,33). The number of likely N-dealkylation sites (tertiary alicyclic amines) is 1. The smallest absolute Gasteiger partial charge is 0.251 e. The minimum Gasteiger partial charge on any atom is -0.486 e. The molecule has 0 spiro atoms. The van der Waals surface area contributed by atoms with E-state index in [0.29, 0.717) is 25.3 Å². The molecule has 0 bridgehead atoms. The van der Waals surface area contributed by atoms with E-state index in [1.54, 1.807) is 0 Å². The van der Waals surface area contributed by atoms with Crippen molar-refractivity contribution in [3.63, 3.8) is 0 Å². The molecule has 182 valence electrons. The number of Topliss-reactive ketones (excluding diaryl/α,β-unsaturated/α-hetero) is 1. The lowest BCUT2D eigenvalue weighted by atomic mass is 10.0. The first-order valence-electron chi connectivity index (χ1n) is 12.2. The molecule has 1 amide bonds. The molecule has 35 heavy (non-hydrogen) atoms. The second-order valence-electron chi connectivity index (χ2n) is 9.26. The Labute approximate surface area is 205 Å². The molecule has 0 saturated carbocycles. The van der Waals surface area contributed by atoms with E-state index in [-0.39, 0.29) is 17.7 Å². The molecule has 2 aliphatic rings. The highest BCUT2D eigenvalue weighted by molar-refractivity contribution is 5.99. The molecule has 1 fully saturated rings. The second kappa shape index (κ2) is 9.96. The number of rotatable bonds is 6. The van der Waals surface area contributed by atoms with Gasteiger partial charge in [-0.25, -0.2) is 0 Å². The quantitative estimate of drug-likeness (QED) is 0.549. The molecule has 7 nitrogen and oxygen atoms in total. The maximum absolute atomic E-state index is 13.2. The summed E-state index contributed by atoms with van der Waals surface area (Å²) in [6.07, 6.45) is 1.67. The van der Waals surface area contributed by atoms with Crippen molar-refractivity contribution in [1.29, 1.82) is 0 Å². The predicted octanol–water partition coefficient (Wildman–Crippen LogP) is 3.94. The lowest BCUT2D eigenvalue weighted by molar-refractivity contribution is 0.0858. The fourth-order valence-electron chi connectivity index (χ4n) is 5.00. The average Bonchev–Trinajstić information content (AvgIpc) is 3.19. The zero-order valence-corrected chi connectivity index (χ0v) is 20.3. The Morgan fingerprint density at radius 1 is 0.943 bits per heavy atom. The van der Waals surface area contributed by atoms with Gasteiger partial charge in [-0.05, 0) is 57.0 Å². The Balaban J connectivity index is 1.21. The molecule has 0 aliphatic carbocycles. The van der Waals surface area contributed by atoms with Gasteiger partial charge in [0, 0.05) is 53.4 Å². The highest BCUT2D eigenvalue weighted by atomic mass is 16.6. The summed E-state index contributed by atoms with van der Waals surface area (Å²) in [4.78, 5) is 27.9. The Hall–Kier alpha value is -3.58. The molecule has 5 rings (SSSR count). The predicted molar refractivity (Wildman–Crippen MR) is 134 cm³/mol. The van der Waals surface area contributed by atoms with Crippen LogP contribution < -0.4 is 14.8 Å². The topological polar surface area (TPSA) is 72.8 Å². The molecular formula is C28H31N3O4. The zero-order chi connectivity index (χ0) is 24.4. The number of fused-ring (bicyclic) bond motifs is 1. The minimum absolute atomic E-state index is 0.0355. The first-order valence-corrected chi connectivity index (χ1v) is 12.2. The van der Waals surface area contributed by atoms with Crippen LogP contribution in [0, 0.1) is 13.8 Å². The van der Waals surface area contributed by atoms with Crippen molar-refractivity contribution in [3.8, 4) is 17.2 Å². The summed E-state index contributed by atoms with van der Waals surface area (Å²) in [7, 11) is 0. The van der Waals surface area contributed by atoms with Crippen molar-refractivity contribution < 1.29 is 19.1 Å². The first-order chi connectivity index (χ1) is 17.0. The second-order valence-corrected chi connectivity index (χ2v) is 9.26. The SMILES string of the molecule is Cc1cc(C(=O)CN2CCC(NC(=O)c3ccccc3)CC2)c(C)n1-c1ccc2c(c1)OCCO2. The van der Waals surface area contributed by atoms with Gasteiger partial charge in [0.05, 0.1) is 6.54 Å². The Bertz CT molecular complexity index is 1230. The lowest BCUT2D eigenvalue weighted by Gasteiger charge is -2.31. The highest BCUT2D eigenvalue weighted by Gasteiger charge is 2.25. The Morgan fingerprint density at radius 3 is 2.40 bits per heavy atom. The third kappa shape index (κ3) is 4.95. The largest absolute Gasteiger partial charge is 0.486 e. The first kappa shape index (κ1) is 23.2. The normalized spacial score (nSPS) is 16.2. The number of aromatic nitrogens is 1. The van der Waals surface area contributed by atoms with Crippen LogP contribution in [-0.4, -0.2) is 60.0 Å². The number of carbonyl (C=O) groups is 2. The van der Waals surface area contributed by atoms with Gasteiger partial charge in [-0.15, -0.1) is 0 Å². The number of nitrogens with one attached hydrogen (secondary N) is 1. The van der Waals surface area contributed by atoms with Crippen LogP contribution in [0.4, 0.5) is 0 Å². The molecule has 3 heterocycles. The van der Waals surface area contributed by atoms with Gasteiger partial charge >= 0.3 is 0 Å². The summed E-state index contributed by atoms with van der Waals surface area (Å²) in [6, 6.07) is 17.3. The molecule has 2 aromatic carbocycles. The Kier molecular flexibility index (Phi) is 6.59. The summed E-state index contributed by atoms with van der Waals surface area (Å²) in [5.41, 5.74) is 4.31. The van der Waals surface area contributed by atoms with Gasteiger partial charge < -0.3 is 19.4 Å². The van der Waals surface area contributed by atoms with E-state index < -0.39 is 0 Å². The number of piperidine rings is 1. The van der Waals surface area contributed by atoms with E-state index in [1.165, 1.54) is 0 Å². The van der Waals surface area contributed by atoms with Crippen molar-refractivity contribution in [3.05, 3.63) is 77.1 Å². The number of amides is 1. The molecule has 1 aromatic heterocycles. The molecule has 0 radical (unpaired) electrons. The van der Waals surface area contributed by atoms with Gasteiger partial charge in [0.1, 0.15) is 13.2 Å².